The van der Waals surface area contributed by atoms with Gasteiger partial charge in [0.25, 0.3) is 5.22 Å². The van der Waals surface area contributed by atoms with Crippen LogP contribution < -0.4 is 5.32 Å². The summed E-state index contributed by atoms with van der Waals surface area (Å²) in [5.74, 6) is 3.09. The third-order valence-corrected chi connectivity index (χ3v) is 8.16. The molecule has 1 aromatic heterocycles. The largest absolute Gasteiger partial charge is 0.431 e. The lowest BCUT2D eigenvalue weighted by Crippen LogP contribution is -2.24. The maximum absolute atomic E-state index is 13.0. The molecule has 0 aliphatic heterocycles. The fourth-order valence-corrected chi connectivity index (χ4v) is 6.30. The van der Waals surface area contributed by atoms with Gasteiger partial charge in [0.15, 0.2) is 5.58 Å². The van der Waals surface area contributed by atoms with E-state index in [1.807, 2.05) is 24.3 Å². The normalized spacial score (nSPS) is 18.6. The lowest BCUT2D eigenvalue weighted by molar-refractivity contribution is -0.116. The summed E-state index contributed by atoms with van der Waals surface area (Å²) in [7, 11) is 0. The number of carbonyl (C=O) groups excluding carboxylic acids is 1. The van der Waals surface area contributed by atoms with E-state index in [1.54, 1.807) is 11.8 Å². The second kappa shape index (κ2) is 11.4. The highest BCUT2D eigenvalue weighted by atomic mass is 32.2. The van der Waals surface area contributed by atoms with Crippen molar-refractivity contribution in [1.29, 1.82) is 0 Å². The Morgan fingerprint density at radius 3 is 2.35 bits per heavy atom. The van der Waals surface area contributed by atoms with Crippen LogP contribution in [0.25, 0.3) is 11.1 Å². The predicted octanol–water partition coefficient (Wildman–Crippen LogP) is 8.39. The highest BCUT2D eigenvalue weighted by Gasteiger charge is 2.27. The second-order valence-electron chi connectivity index (χ2n) is 10.3. The Balaban J connectivity index is 1.36. The first-order valence-electron chi connectivity index (χ1n) is 12.8. The number of oxazole rings is 1. The molecule has 1 aliphatic rings. The molecule has 1 heterocycles. The van der Waals surface area contributed by atoms with Crippen molar-refractivity contribution in [3.8, 4) is 0 Å². The molecule has 5 heteroatoms. The maximum Gasteiger partial charge on any atom is 0.256 e. The van der Waals surface area contributed by atoms with Gasteiger partial charge in [0.2, 0.25) is 5.91 Å². The van der Waals surface area contributed by atoms with Crippen LogP contribution in [0.3, 0.4) is 0 Å². The monoisotopic (exact) mass is 478 g/mol. The van der Waals surface area contributed by atoms with Crippen LogP contribution in [0.2, 0.25) is 0 Å². The molecule has 2 atom stereocenters. The number of carbonyl (C=O) groups is 1. The van der Waals surface area contributed by atoms with Crippen LogP contribution in [-0.2, 0) is 4.79 Å². The Kier molecular flexibility index (Phi) is 8.36. The summed E-state index contributed by atoms with van der Waals surface area (Å²) >= 11 is 1.73. The maximum atomic E-state index is 13.0. The fraction of sp³-hybridized carbons (Fsp3) is 0.517. The van der Waals surface area contributed by atoms with E-state index in [2.05, 4.69) is 56.2 Å². The van der Waals surface area contributed by atoms with E-state index in [1.165, 1.54) is 36.8 Å². The smallest absolute Gasteiger partial charge is 0.256 e. The lowest BCUT2D eigenvalue weighted by Gasteiger charge is -2.31. The number of benzene rings is 2. The van der Waals surface area contributed by atoms with Crippen LogP contribution in [0.15, 0.2) is 52.1 Å². The molecule has 0 saturated heterocycles. The number of hydrogen-bond acceptors (Lipinski definition) is 4. The lowest BCUT2D eigenvalue weighted by atomic mass is 9.78. The zero-order valence-electron chi connectivity index (χ0n) is 21.0. The molecule has 4 nitrogen and oxygen atoms in total. The number of amides is 1. The summed E-state index contributed by atoms with van der Waals surface area (Å²) in [5.41, 5.74) is 5.26. The zero-order valence-corrected chi connectivity index (χ0v) is 21.8. The van der Waals surface area contributed by atoms with Crippen LogP contribution >= 0.6 is 11.8 Å². The van der Waals surface area contributed by atoms with Crippen LogP contribution in [0.1, 0.15) is 89.2 Å². The molecule has 1 N–H and O–H groups in total. The zero-order chi connectivity index (χ0) is 24.1. The molecule has 1 saturated carbocycles. The Hall–Kier alpha value is -2.27. The van der Waals surface area contributed by atoms with E-state index in [4.69, 9.17) is 4.42 Å². The van der Waals surface area contributed by atoms with Gasteiger partial charge in [-0.2, -0.15) is 0 Å². The molecule has 0 unspecified atom stereocenters. The van der Waals surface area contributed by atoms with Crippen LogP contribution in [-0.4, -0.2) is 16.6 Å². The van der Waals surface area contributed by atoms with Gasteiger partial charge < -0.3 is 9.73 Å². The number of fused-ring (bicyclic) bond motifs is 1. The standard InChI is InChI=1S/C29H38N2O2S/c1-19(2)23-12-9-13-24(20(3)4)28(23)31-27(32)17-16-21-10-5-6-11-22(21)18-34-29-30-25-14-7-8-15-26(25)33-29/h7-9,12-15,19-22H,5-6,10-11,16-18H2,1-4H3,(H,31,32)/t21-,22+/m1/s1. The number of anilines is 1. The number of thioether (sulfide) groups is 1. The van der Waals surface area contributed by atoms with E-state index in [0.29, 0.717) is 30.1 Å². The predicted molar refractivity (Wildman–Crippen MR) is 143 cm³/mol. The summed E-state index contributed by atoms with van der Waals surface area (Å²) < 4.78 is 5.91. The number of nitrogens with zero attached hydrogens (tertiary/aromatic N) is 1. The minimum Gasteiger partial charge on any atom is -0.431 e. The molecule has 4 rings (SSSR count). The van der Waals surface area contributed by atoms with Crippen molar-refractivity contribution in [1.82, 2.24) is 4.98 Å². The first kappa shape index (κ1) is 24.8. The van der Waals surface area contributed by atoms with Crippen molar-refractivity contribution in [3.05, 3.63) is 53.6 Å². The van der Waals surface area contributed by atoms with E-state index < -0.39 is 0 Å². The highest BCUT2D eigenvalue weighted by Crippen LogP contribution is 2.38. The summed E-state index contributed by atoms with van der Waals surface area (Å²) in [5, 5.41) is 4.06. The van der Waals surface area contributed by atoms with Crippen molar-refractivity contribution in [2.45, 2.75) is 83.3 Å². The van der Waals surface area contributed by atoms with Gasteiger partial charge in [-0.3, -0.25) is 4.79 Å². The van der Waals surface area contributed by atoms with E-state index in [-0.39, 0.29) is 5.91 Å². The summed E-state index contributed by atoms with van der Waals surface area (Å²) in [6.45, 7) is 8.76. The molecule has 0 spiro atoms. The Morgan fingerprint density at radius 1 is 1.00 bits per heavy atom. The van der Waals surface area contributed by atoms with Gasteiger partial charge >= 0.3 is 0 Å². The van der Waals surface area contributed by atoms with Gasteiger partial charge in [0.05, 0.1) is 0 Å². The Morgan fingerprint density at radius 2 is 1.68 bits per heavy atom. The molecule has 1 amide bonds. The van der Waals surface area contributed by atoms with E-state index in [9.17, 15) is 4.79 Å². The third kappa shape index (κ3) is 6.04. The van der Waals surface area contributed by atoms with Crippen molar-refractivity contribution >= 4 is 34.5 Å². The highest BCUT2D eigenvalue weighted by molar-refractivity contribution is 7.99. The molecule has 1 aliphatic carbocycles. The van der Waals surface area contributed by atoms with Gasteiger partial charge in [0.1, 0.15) is 5.52 Å². The molecular weight excluding hydrogens is 440 g/mol. The SMILES string of the molecule is CC(C)c1cccc(C(C)C)c1NC(=O)CC[C@H]1CCCC[C@H]1CSc1nc2ccccc2o1. The number of nitrogens with one attached hydrogen (secondary N) is 1. The topological polar surface area (TPSA) is 55.1 Å². The number of hydrogen-bond donors (Lipinski definition) is 1. The van der Waals surface area contributed by atoms with E-state index in [0.717, 1.165) is 34.2 Å². The number of rotatable bonds is 9. The average molecular weight is 479 g/mol. The van der Waals surface area contributed by atoms with Crippen LogP contribution in [0.5, 0.6) is 0 Å². The van der Waals surface area contributed by atoms with Crippen LogP contribution in [0, 0.1) is 11.8 Å². The summed E-state index contributed by atoms with van der Waals surface area (Å²) in [6, 6.07) is 14.3. The number of para-hydroxylation sites is 3. The molecule has 0 radical (unpaired) electrons. The minimum atomic E-state index is 0.144. The third-order valence-electron chi connectivity index (χ3n) is 7.14. The fourth-order valence-electron chi connectivity index (χ4n) is 5.19. The molecule has 3 aromatic rings. The van der Waals surface area contributed by atoms with Gasteiger partial charge in [-0.25, -0.2) is 4.98 Å². The van der Waals surface area contributed by atoms with Crippen molar-refractivity contribution in [2.24, 2.45) is 11.8 Å². The molecule has 0 bridgehead atoms. The molecule has 182 valence electrons. The molecule has 34 heavy (non-hydrogen) atoms. The minimum absolute atomic E-state index is 0.144. The van der Waals surface area contributed by atoms with Gasteiger partial charge in [0, 0.05) is 17.9 Å². The Labute approximate surface area is 208 Å². The summed E-state index contributed by atoms with van der Waals surface area (Å²) in [6.07, 6.45) is 6.52. The molecule has 2 aromatic carbocycles. The first-order chi connectivity index (χ1) is 16.4. The average Bonchev–Trinajstić information content (AvgIpc) is 3.25. The quantitative estimate of drug-likeness (QED) is 0.314. The van der Waals surface area contributed by atoms with Gasteiger partial charge in [-0.1, -0.05) is 89.1 Å². The van der Waals surface area contributed by atoms with Crippen LogP contribution in [0.4, 0.5) is 5.69 Å². The molecule has 1 fully saturated rings. The number of aromatic nitrogens is 1. The van der Waals surface area contributed by atoms with Crippen molar-refractivity contribution in [2.75, 3.05) is 11.1 Å². The van der Waals surface area contributed by atoms with Crippen molar-refractivity contribution in [3.63, 3.8) is 0 Å². The van der Waals surface area contributed by atoms with Gasteiger partial charge in [-0.15, -0.1) is 0 Å². The van der Waals surface area contributed by atoms with Gasteiger partial charge in [-0.05, 0) is 59.8 Å². The Bertz CT molecular complexity index is 1050. The van der Waals surface area contributed by atoms with Crippen molar-refractivity contribution < 1.29 is 9.21 Å². The summed E-state index contributed by atoms with van der Waals surface area (Å²) in [4.78, 5) is 17.7. The second-order valence-corrected chi connectivity index (χ2v) is 11.2. The van der Waals surface area contributed by atoms with E-state index >= 15 is 0 Å². The molecular formula is C29H38N2O2S. The first-order valence-corrected chi connectivity index (χ1v) is 13.8.